The molecule has 0 aliphatic carbocycles. The number of hydrogen-bond acceptors (Lipinski definition) is 4. The first-order chi connectivity index (χ1) is 12.6. The highest BCUT2D eigenvalue weighted by Gasteiger charge is 2.22. The molecule has 2 aromatic carbocycles. The van der Waals surface area contributed by atoms with Gasteiger partial charge in [0.05, 0.1) is 18.8 Å². The van der Waals surface area contributed by atoms with Crippen LogP contribution in [0.25, 0.3) is 11.1 Å². The molecule has 1 saturated heterocycles. The summed E-state index contributed by atoms with van der Waals surface area (Å²) in [7, 11) is 1.65. The Morgan fingerprint density at radius 1 is 1.15 bits per heavy atom. The largest absolute Gasteiger partial charge is 0.462 e. The molecule has 0 atom stereocenters. The molecule has 0 spiro atoms. The number of carbonyl (C=O) groups is 2. The van der Waals surface area contributed by atoms with E-state index >= 15 is 0 Å². The Hall–Kier alpha value is -2.66. The molecule has 5 nitrogen and oxygen atoms in total. The van der Waals surface area contributed by atoms with Crippen LogP contribution in [0.3, 0.4) is 0 Å². The molecule has 0 N–H and O–H groups in total. The molecule has 136 valence electrons. The van der Waals surface area contributed by atoms with E-state index in [1.54, 1.807) is 26.2 Å². The number of carbonyl (C=O) groups excluding carboxylic acids is 2. The average molecular weight is 353 g/mol. The summed E-state index contributed by atoms with van der Waals surface area (Å²) in [4.78, 5) is 25.6. The second kappa shape index (κ2) is 8.15. The maximum atomic E-state index is 12.0. The van der Waals surface area contributed by atoms with E-state index < -0.39 is 0 Å². The number of rotatable bonds is 6. The Labute approximate surface area is 153 Å². The van der Waals surface area contributed by atoms with Gasteiger partial charge in [-0.3, -0.25) is 4.79 Å². The van der Waals surface area contributed by atoms with Crippen LogP contribution in [-0.2, 0) is 20.9 Å². The zero-order valence-electron chi connectivity index (χ0n) is 15.2. The maximum absolute atomic E-state index is 12.0. The van der Waals surface area contributed by atoms with Gasteiger partial charge in [0.15, 0.2) is 0 Å². The van der Waals surface area contributed by atoms with E-state index in [9.17, 15) is 9.59 Å². The van der Waals surface area contributed by atoms with Crippen LogP contribution in [-0.4, -0.2) is 32.1 Å². The van der Waals surface area contributed by atoms with Crippen LogP contribution in [0.1, 0.15) is 35.7 Å². The Bertz CT molecular complexity index is 798. The van der Waals surface area contributed by atoms with Gasteiger partial charge in [-0.15, -0.1) is 0 Å². The first kappa shape index (κ1) is 18.1. The summed E-state index contributed by atoms with van der Waals surface area (Å²) in [5, 5.41) is 0. The van der Waals surface area contributed by atoms with E-state index in [-0.39, 0.29) is 11.9 Å². The van der Waals surface area contributed by atoms with Crippen molar-refractivity contribution >= 4 is 17.6 Å². The standard InChI is InChI=1S/C21H23NO4/c1-3-26-21(24)16-8-6-15(7-9-16)19-11-10-18(13-17(19)14-25-2)22-12-4-5-20(22)23/h6-11,13H,3-5,12,14H2,1-2H3. The summed E-state index contributed by atoms with van der Waals surface area (Å²) in [6.45, 7) is 3.36. The molecule has 5 heteroatoms. The van der Waals surface area contributed by atoms with Crippen LogP contribution in [0.4, 0.5) is 5.69 Å². The van der Waals surface area contributed by atoms with Gasteiger partial charge < -0.3 is 14.4 Å². The molecule has 0 radical (unpaired) electrons. The third kappa shape index (κ3) is 3.78. The number of amides is 1. The van der Waals surface area contributed by atoms with Gasteiger partial charge in [0.1, 0.15) is 0 Å². The highest BCUT2D eigenvalue weighted by molar-refractivity contribution is 5.96. The molecule has 0 unspecified atom stereocenters. The smallest absolute Gasteiger partial charge is 0.338 e. The molecule has 1 fully saturated rings. The lowest BCUT2D eigenvalue weighted by molar-refractivity contribution is -0.117. The van der Waals surface area contributed by atoms with Crippen molar-refractivity contribution < 1.29 is 19.1 Å². The van der Waals surface area contributed by atoms with Gasteiger partial charge in [0.2, 0.25) is 5.91 Å². The average Bonchev–Trinajstić information content (AvgIpc) is 3.08. The SMILES string of the molecule is CCOC(=O)c1ccc(-c2ccc(N3CCCC3=O)cc2COC)cc1. The predicted octanol–water partition coefficient (Wildman–Crippen LogP) is 3.80. The summed E-state index contributed by atoms with van der Waals surface area (Å²) in [5.74, 6) is -0.154. The van der Waals surface area contributed by atoms with Crippen molar-refractivity contribution in [2.45, 2.75) is 26.4 Å². The molecule has 2 aromatic rings. The third-order valence-corrected chi connectivity index (χ3v) is 4.48. The fourth-order valence-corrected chi connectivity index (χ4v) is 3.23. The van der Waals surface area contributed by atoms with Gasteiger partial charge in [0.25, 0.3) is 0 Å². The van der Waals surface area contributed by atoms with Gasteiger partial charge >= 0.3 is 5.97 Å². The highest BCUT2D eigenvalue weighted by atomic mass is 16.5. The van der Waals surface area contributed by atoms with E-state index in [4.69, 9.17) is 9.47 Å². The summed E-state index contributed by atoms with van der Waals surface area (Å²) >= 11 is 0. The number of anilines is 1. The van der Waals surface area contributed by atoms with Crippen molar-refractivity contribution in [3.05, 3.63) is 53.6 Å². The normalized spacial score (nSPS) is 13.9. The van der Waals surface area contributed by atoms with Crippen molar-refractivity contribution in [3.8, 4) is 11.1 Å². The summed E-state index contributed by atoms with van der Waals surface area (Å²) in [6, 6.07) is 13.3. The Balaban J connectivity index is 1.91. The summed E-state index contributed by atoms with van der Waals surface area (Å²) < 4.78 is 10.4. The van der Waals surface area contributed by atoms with E-state index in [2.05, 4.69) is 0 Å². The first-order valence-electron chi connectivity index (χ1n) is 8.84. The number of hydrogen-bond donors (Lipinski definition) is 0. The lowest BCUT2D eigenvalue weighted by atomic mass is 9.98. The van der Waals surface area contributed by atoms with E-state index in [1.165, 1.54) is 0 Å². The predicted molar refractivity (Wildman–Crippen MR) is 100 cm³/mol. The van der Waals surface area contributed by atoms with Crippen LogP contribution < -0.4 is 4.90 Å². The second-order valence-corrected chi connectivity index (χ2v) is 6.22. The van der Waals surface area contributed by atoms with Gasteiger partial charge in [-0.2, -0.15) is 0 Å². The Morgan fingerprint density at radius 2 is 1.92 bits per heavy atom. The second-order valence-electron chi connectivity index (χ2n) is 6.22. The van der Waals surface area contributed by atoms with Gasteiger partial charge in [-0.25, -0.2) is 4.79 Å². The van der Waals surface area contributed by atoms with Gasteiger partial charge in [-0.1, -0.05) is 18.2 Å². The lowest BCUT2D eigenvalue weighted by Crippen LogP contribution is -2.23. The third-order valence-electron chi connectivity index (χ3n) is 4.48. The van der Waals surface area contributed by atoms with Gasteiger partial charge in [0, 0.05) is 25.8 Å². The molecule has 3 rings (SSSR count). The minimum absolute atomic E-state index is 0.167. The molecular weight excluding hydrogens is 330 g/mol. The van der Waals surface area contributed by atoms with Crippen molar-refractivity contribution in [2.75, 3.05) is 25.2 Å². The number of nitrogens with zero attached hydrogens (tertiary/aromatic N) is 1. The molecule has 26 heavy (non-hydrogen) atoms. The number of methoxy groups -OCH3 is 1. The summed E-state index contributed by atoms with van der Waals surface area (Å²) in [6.07, 6.45) is 1.51. The molecule has 0 bridgehead atoms. The number of ether oxygens (including phenoxy) is 2. The zero-order chi connectivity index (χ0) is 18.5. The van der Waals surface area contributed by atoms with Crippen molar-refractivity contribution in [1.29, 1.82) is 0 Å². The quantitative estimate of drug-likeness (QED) is 0.741. The van der Waals surface area contributed by atoms with Crippen LogP contribution in [0, 0.1) is 0 Å². The van der Waals surface area contributed by atoms with E-state index in [1.807, 2.05) is 35.2 Å². The molecule has 0 saturated carbocycles. The molecule has 1 amide bonds. The molecule has 1 aliphatic rings. The van der Waals surface area contributed by atoms with E-state index in [0.29, 0.717) is 25.2 Å². The molecule has 1 aliphatic heterocycles. The fraction of sp³-hybridized carbons (Fsp3) is 0.333. The van der Waals surface area contributed by atoms with Crippen LogP contribution >= 0.6 is 0 Å². The summed E-state index contributed by atoms with van der Waals surface area (Å²) in [5.41, 5.74) is 4.46. The number of esters is 1. The van der Waals surface area contributed by atoms with E-state index in [0.717, 1.165) is 35.3 Å². The van der Waals surface area contributed by atoms with Crippen molar-refractivity contribution in [1.82, 2.24) is 0 Å². The Kier molecular flexibility index (Phi) is 5.68. The zero-order valence-corrected chi connectivity index (χ0v) is 15.2. The topological polar surface area (TPSA) is 55.8 Å². The minimum atomic E-state index is -0.320. The molecular formula is C21H23NO4. The van der Waals surface area contributed by atoms with Crippen LogP contribution in [0.2, 0.25) is 0 Å². The fourth-order valence-electron chi connectivity index (χ4n) is 3.23. The van der Waals surface area contributed by atoms with Crippen molar-refractivity contribution in [3.63, 3.8) is 0 Å². The molecule has 1 heterocycles. The van der Waals surface area contributed by atoms with Crippen LogP contribution in [0.15, 0.2) is 42.5 Å². The van der Waals surface area contributed by atoms with Crippen LogP contribution in [0.5, 0.6) is 0 Å². The Morgan fingerprint density at radius 3 is 2.54 bits per heavy atom. The minimum Gasteiger partial charge on any atom is -0.462 e. The highest BCUT2D eigenvalue weighted by Crippen LogP contribution is 2.30. The maximum Gasteiger partial charge on any atom is 0.338 e. The van der Waals surface area contributed by atoms with Crippen molar-refractivity contribution in [2.24, 2.45) is 0 Å². The van der Waals surface area contributed by atoms with Gasteiger partial charge in [-0.05, 0) is 54.3 Å². The lowest BCUT2D eigenvalue weighted by Gasteiger charge is -2.19. The number of benzene rings is 2. The monoisotopic (exact) mass is 353 g/mol. The first-order valence-corrected chi connectivity index (χ1v) is 8.84. The molecule has 0 aromatic heterocycles.